The van der Waals surface area contributed by atoms with Crippen molar-refractivity contribution in [3.63, 3.8) is 0 Å². The van der Waals surface area contributed by atoms with Crippen LogP contribution in [0, 0.1) is 23.7 Å². The molecule has 0 spiro atoms. The van der Waals surface area contributed by atoms with Crippen LogP contribution in [0.5, 0.6) is 0 Å². The summed E-state index contributed by atoms with van der Waals surface area (Å²) < 4.78 is 2.12. The molecule has 5 nitrogen and oxygen atoms in total. The molecule has 0 radical (unpaired) electrons. The maximum absolute atomic E-state index is 12.4. The Morgan fingerprint density at radius 3 is 2.90 bits per heavy atom. The lowest BCUT2D eigenvalue weighted by atomic mass is 9.84. The van der Waals surface area contributed by atoms with Gasteiger partial charge in [0.2, 0.25) is 5.91 Å². The summed E-state index contributed by atoms with van der Waals surface area (Å²) in [6, 6.07) is 0.0548. The molecule has 1 aromatic heterocycles. The molecule has 2 fully saturated rings. The minimum absolute atomic E-state index is 0.0114. The summed E-state index contributed by atoms with van der Waals surface area (Å²) in [5.41, 5.74) is 6.23. The van der Waals surface area contributed by atoms with Crippen molar-refractivity contribution in [1.82, 2.24) is 14.9 Å². The van der Waals surface area contributed by atoms with Crippen molar-refractivity contribution in [3.8, 4) is 0 Å². The van der Waals surface area contributed by atoms with Crippen LogP contribution in [0.2, 0.25) is 0 Å². The average Bonchev–Trinajstić information content (AvgIpc) is 3.11. The van der Waals surface area contributed by atoms with Gasteiger partial charge in [0.25, 0.3) is 0 Å². The third-order valence-corrected chi connectivity index (χ3v) is 5.07. The summed E-state index contributed by atoms with van der Waals surface area (Å²) >= 11 is 0. The van der Waals surface area contributed by atoms with Gasteiger partial charge in [0.1, 0.15) is 5.82 Å². The number of carbonyl (C=O) groups excluding carboxylic acids is 1. The van der Waals surface area contributed by atoms with Crippen LogP contribution in [0.3, 0.4) is 0 Å². The first kappa shape index (κ1) is 14.6. The molecule has 3 N–H and O–H groups in total. The Hall–Kier alpha value is -1.36. The van der Waals surface area contributed by atoms with Crippen molar-refractivity contribution in [1.29, 1.82) is 0 Å². The molecule has 4 atom stereocenters. The summed E-state index contributed by atoms with van der Waals surface area (Å²) in [6.07, 6.45) is 7.28. The lowest BCUT2D eigenvalue weighted by Crippen LogP contribution is -2.45. The second-order valence-electron chi connectivity index (χ2n) is 7.04. The average molecular weight is 290 g/mol. The molecule has 2 bridgehead atoms. The highest BCUT2D eigenvalue weighted by Crippen LogP contribution is 2.47. The van der Waals surface area contributed by atoms with E-state index in [1.54, 1.807) is 6.20 Å². The van der Waals surface area contributed by atoms with Gasteiger partial charge in [-0.1, -0.05) is 13.8 Å². The van der Waals surface area contributed by atoms with E-state index in [1.165, 1.54) is 12.8 Å². The fourth-order valence-corrected chi connectivity index (χ4v) is 4.08. The first-order valence-electron chi connectivity index (χ1n) is 8.09. The van der Waals surface area contributed by atoms with Gasteiger partial charge in [-0.15, -0.1) is 0 Å². The topological polar surface area (TPSA) is 72.9 Å². The van der Waals surface area contributed by atoms with Crippen molar-refractivity contribution in [2.75, 3.05) is 0 Å². The Morgan fingerprint density at radius 2 is 2.24 bits per heavy atom. The number of amides is 1. The zero-order chi connectivity index (χ0) is 15.0. The number of imidazole rings is 1. The van der Waals surface area contributed by atoms with E-state index in [0.717, 1.165) is 18.8 Å². The van der Waals surface area contributed by atoms with Gasteiger partial charge in [-0.3, -0.25) is 4.79 Å². The van der Waals surface area contributed by atoms with Gasteiger partial charge < -0.3 is 15.6 Å². The van der Waals surface area contributed by atoms with Gasteiger partial charge in [-0.2, -0.15) is 0 Å². The minimum atomic E-state index is 0.0114. The lowest BCUT2D eigenvalue weighted by Gasteiger charge is -2.27. The maximum atomic E-state index is 12.4. The number of rotatable bonds is 5. The van der Waals surface area contributed by atoms with Gasteiger partial charge in [-0.25, -0.2) is 4.98 Å². The molecule has 2 aliphatic rings. The van der Waals surface area contributed by atoms with Crippen molar-refractivity contribution < 1.29 is 4.79 Å². The van der Waals surface area contributed by atoms with Gasteiger partial charge in [-0.05, 0) is 37.0 Å². The Balaban J connectivity index is 1.58. The smallest absolute Gasteiger partial charge is 0.225 e. The summed E-state index contributed by atoms with van der Waals surface area (Å²) in [6.45, 7) is 5.78. The van der Waals surface area contributed by atoms with Crippen molar-refractivity contribution >= 4 is 5.91 Å². The van der Waals surface area contributed by atoms with Gasteiger partial charge in [0, 0.05) is 25.0 Å². The molecule has 1 amide bonds. The summed E-state index contributed by atoms with van der Waals surface area (Å²) in [4.78, 5) is 16.8. The largest absolute Gasteiger partial charge is 0.349 e. The molecule has 116 valence electrons. The Morgan fingerprint density at radius 1 is 1.48 bits per heavy atom. The molecular weight excluding hydrogens is 264 g/mol. The highest BCUT2D eigenvalue weighted by molar-refractivity contribution is 5.80. The SMILES string of the molecule is CC(C)Cn1ccnc1CNC(=O)C1C2CCC(C2)C1N. The number of aromatic nitrogens is 2. The number of nitrogens with one attached hydrogen (secondary N) is 1. The third kappa shape index (κ3) is 2.84. The van der Waals surface area contributed by atoms with Gasteiger partial charge in [0.15, 0.2) is 0 Å². The Bertz CT molecular complexity index is 508. The predicted octanol–water partition coefficient (Wildman–Crippen LogP) is 1.53. The summed E-state index contributed by atoms with van der Waals surface area (Å²) in [5.74, 6) is 2.68. The third-order valence-electron chi connectivity index (χ3n) is 5.07. The quantitative estimate of drug-likeness (QED) is 0.863. The van der Waals surface area contributed by atoms with Crippen LogP contribution < -0.4 is 11.1 Å². The number of nitrogens with zero attached hydrogens (tertiary/aromatic N) is 2. The fourth-order valence-electron chi connectivity index (χ4n) is 4.08. The predicted molar refractivity (Wildman–Crippen MR) is 81.2 cm³/mol. The second-order valence-corrected chi connectivity index (χ2v) is 7.04. The molecule has 0 aromatic carbocycles. The van der Waals surface area contributed by atoms with Gasteiger partial charge in [0.05, 0.1) is 12.5 Å². The Kier molecular flexibility index (Phi) is 4.02. The molecule has 5 heteroatoms. The van der Waals surface area contributed by atoms with Crippen LogP contribution in [-0.2, 0) is 17.9 Å². The monoisotopic (exact) mass is 290 g/mol. The molecular formula is C16H26N4O. The van der Waals surface area contributed by atoms with Crippen molar-refractivity contribution in [3.05, 3.63) is 18.2 Å². The highest BCUT2D eigenvalue weighted by atomic mass is 16.2. The maximum Gasteiger partial charge on any atom is 0.225 e. The summed E-state index contributed by atoms with van der Waals surface area (Å²) in [5, 5.41) is 3.05. The Labute approximate surface area is 126 Å². The van der Waals surface area contributed by atoms with E-state index in [-0.39, 0.29) is 17.9 Å². The second kappa shape index (κ2) is 5.79. The number of hydrogen-bond donors (Lipinski definition) is 2. The van der Waals surface area contributed by atoms with Crippen LogP contribution in [0.25, 0.3) is 0 Å². The molecule has 21 heavy (non-hydrogen) atoms. The van der Waals surface area contributed by atoms with Crippen LogP contribution in [0.15, 0.2) is 12.4 Å². The molecule has 0 saturated heterocycles. The number of fused-ring (bicyclic) bond motifs is 2. The summed E-state index contributed by atoms with van der Waals surface area (Å²) in [7, 11) is 0. The molecule has 1 heterocycles. The van der Waals surface area contributed by atoms with E-state index >= 15 is 0 Å². The van der Waals surface area contributed by atoms with E-state index < -0.39 is 0 Å². The van der Waals surface area contributed by atoms with Crippen LogP contribution in [-0.4, -0.2) is 21.5 Å². The van der Waals surface area contributed by atoms with Gasteiger partial charge >= 0.3 is 0 Å². The fraction of sp³-hybridized carbons (Fsp3) is 0.750. The molecule has 2 aliphatic carbocycles. The number of carbonyl (C=O) groups is 1. The van der Waals surface area contributed by atoms with Crippen molar-refractivity contribution in [2.24, 2.45) is 29.4 Å². The van der Waals surface area contributed by atoms with Crippen molar-refractivity contribution in [2.45, 2.75) is 52.2 Å². The zero-order valence-electron chi connectivity index (χ0n) is 13.0. The first-order valence-corrected chi connectivity index (χ1v) is 8.09. The normalized spacial score (nSPS) is 31.0. The molecule has 4 unspecified atom stereocenters. The zero-order valence-corrected chi connectivity index (χ0v) is 13.0. The van der Waals surface area contributed by atoms with E-state index in [0.29, 0.717) is 24.3 Å². The van der Waals surface area contributed by atoms with E-state index in [4.69, 9.17) is 5.73 Å². The minimum Gasteiger partial charge on any atom is -0.349 e. The van der Waals surface area contributed by atoms with E-state index in [1.807, 2.05) is 6.20 Å². The number of nitrogens with two attached hydrogens (primary N) is 1. The highest BCUT2D eigenvalue weighted by Gasteiger charge is 2.48. The molecule has 2 saturated carbocycles. The lowest BCUT2D eigenvalue weighted by molar-refractivity contribution is -0.127. The van der Waals surface area contributed by atoms with Crippen LogP contribution >= 0.6 is 0 Å². The standard InChI is InChI=1S/C16H26N4O/c1-10(2)9-20-6-5-18-13(20)8-19-16(21)14-11-3-4-12(7-11)15(14)17/h5-6,10-12,14-15H,3-4,7-9,17H2,1-2H3,(H,19,21). The van der Waals surface area contributed by atoms with E-state index in [9.17, 15) is 4.79 Å². The molecule has 3 rings (SSSR count). The first-order chi connectivity index (χ1) is 10.1. The number of hydrogen-bond acceptors (Lipinski definition) is 3. The molecule has 1 aromatic rings. The van der Waals surface area contributed by atoms with Crippen LogP contribution in [0.1, 0.15) is 38.9 Å². The van der Waals surface area contributed by atoms with E-state index in [2.05, 4.69) is 28.7 Å². The van der Waals surface area contributed by atoms with Crippen LogP contribution in [0.4, 0.5) is 0 Å². The molecule has 0 aliphatic heterocycles.